The van der Waals surface area contributed by atoms with Crippen LogP contribution in [0.25, 0.3) is 0 Å². The first-order chi connectivity index (χ1) is 18.5. The van der Waals surface area contributed by atoms with Crippen molar-refractivity contribution in [2.24, 2.45) is 5.92 Å². The Hall–Kier alpha value is -2.04. The monoisotopic (exact) mass is 531 g/mol. The van der Waals surface area contributed by atoms with Crippen LogP contribution in [-0.2, 0) is 16.1 Å². The standard InChI is InChI=1S/C33H57NO4/c1-5-6-7-8-9-10-11-12-13-14-15-16-20-23-33(36)38-30-25-24-29(26-31(30)37-4)27-34-32(35)22-19-17-18-21-28(2)3/h24-26,28H,5-23,27H2,1-4H3,(H,34,35). The minimum atomic E-state index is -0.218. The Balaban J connectivity index is 2.17. The van der Waals surface area contributed by atoms with Gasteiger partial charge in [0.1, 0.15) is 0 Å². The molecule has 0 saturated heterocycles. The van der Waals surface area contributed by atoms with E-state index in [2.05, 4.69) is 26.1 Å². The van der Waals surface area contributed by atoms with Gasteiger partial charge in [0.25, 0.3) is 0 Å². The van der Waals surface area contributed by atoms with E-state index in [0.29, 0.717) is 30.9 Å². The SMILES string of the molecule is CCCCCCCCCCCCCCCC(=O)Oc1ccc(CNC(=O)CCCCCC(C)C)cc1OC. The minimum absolute atomic E-state index is 0.0711. The summed E-state index contributed by atoms with van der Waals surface area (Å²) in [7, 11) is 1.57. The average Bonchev–Trinajstić information content (AvgIpc) is 2.90. The van der Waals surface area contributed by atoms with Gasteiger partial charge in [-0.25, -0.2) is 0 Å². The van der Waals surface area contributed by atoms with Gasteiger partial charge in [-0.1, -0.05) is 123 Å². The van der Waals surface area contributed by atoms with Gasteiger partial charge in [0, 0.05) is 19.4 Å². The number of carbonyl (C=O) groups excluding carboxylic acids is 2. The minimum Gasteiger partial charge on any atom is -0.493 e. The summed E-state index contributed by atoms with van der Waals surface area (Å²) in [5.74, 6) is 1.53. The number of hydrogen-bond donors (Lipinski definition) is 1. The predicted octanol–water partition coefficient (Wildman–Crippen LogP) is 9.30. The molecule has 0 heterocycles. The number of carbonyl (C=O) groups is 2. The number of unbranched alkanes of at least 4 members (excludes halogenated alkanes) is 14. The number of hydrogen-bond acceptors (Lipinski definition) is 4. The topological polar surface area (TPSA) is 64.6 Å². The number of amides is 1. The highest BCUT2D eigenvalue weighted by molar-refractivity contribution is 5.76. The summed E-state index contributed by atoms with van der Waals surface area (Å²) in [6.07, 6.45) is 22.1. The number of nitrogens with one attached hydrogen (secondary N) is 1. The molecule has 0 aliphatic carbocycles. The Bertz CT molecular complexity index is 747. The molecule has 1 rings (SSSR count). The lowest BCUT2D eigenvalue weighted by Crippen LogP contribution is -2.22. The molecule has 1 aromatic carbocycles. The molecule has 0 aliphatic heterocycles. The lowest BCUT2D eigenvalue weighted by Gasteiger charge is -2.12. The molecular weight excluding hydrogens is 474 g/mol. The Kier molecular flexibility index (Phi) is 20.5. The molecule has 0 saturated carbocycles. The third kappa shape index (κ3) is 18.3. The summed E-state index contributed by atoms with van der Waals surface area (Å²) in [5.41, 5.74) is 0.922. The number of rotatable bonds is 24. The maximum Gasteiger partial charge on any atom is 0.311 e. The summed E-state index contributed by atoms with van der Waals surface area (Å²) in [4.78, 5) is 24.5. The molecule has 0 fully saturated rings. The molecule has 0 aliphatic rings. The van der Waals surface area contributed by atoms with Gasteiger partial charge in [-0.05, 0) is 36.5 Å². The molecule has 1 N–H and O–H groups in total. The first-order valence-electron chi connectivity index (χ1n) is 15.6. The molecular formula is C33H57NO4. The highest BCUT2D eigenvalue weighted by Crippen LogP contribution is 2.28. The number of benzene rings is 1. The van der Waals surface area contributed by atoms with Crippen LogP contribution in [-0.4, -0.2) is 19.0 Å². The maximum atomic E-state index is 12.3. The van der Waals surface area contributed by atoms with Crippen LogP contribution in [0.15, 0.2) is 18.2 Å². The molecule has 1 amide bonds. The number of esters is 1. The average molecular weight is 532 g/mol. The fourth-order valence-corrected chi connectivity index (χ4v) is 4.67. The van der Waals surface area contributed by atoms with Gasteiger partial charge < -0.3 is 14.8 Å². The van der Waals surface area contributed by atoms with Crippen molar-refractivity contribution < 1.29 is 19.1 Å². The fraction of sp³-hybridized carbons (Fsp3) is 0.758. The third-order valence-corrected chi connectivity index (χ3v) is 7.11. The second-order valence-electron chi connectivity index (χ2n) is 11.2. The molecule has 218 valence electrons. The summed E-state index contributed by atoms with van der Waals surface area (Å²) in [6.45, 7) is 7.16. The van der Waals surface area contributed by atoms with E-state index in [1.807, 2.05) is 12.1 Å². The molecule has 0 spiro atoms. The molecule has 0 atom stereocenters. The Labute approximate surface area is 233 Å². The Morgan fingerprint density at radius 3 is 1.87 bits per heavy atom. The van der Waals surface area contributed by atoms with E-state index in [9.17, 15) is 9.59 Å². The summed E-state index contributed by atoms with van der Waals surface area (Å²) < 4.78 is 11.0. The molecule has 1 aromatic rings. The molecule has 5 nitrogen and oxygen atoms in total. The number of methoxy groups -OCH3 is 1. The van der Waals surface area contributed by atoms with Crippen molar-refractivity contribution in [3.63, 3.8) is 0 Å². The van der Waals surface area contributed by atoms with Crippen molar-refractivity contribution >= 4 is 11.9 Å². The van der Waals surface area contributed by atoms with Crippen LogP contribution < -0.4 is 14.8 Å². The highest BCUT2D eigenvalue weighted by atomic mass is 16.6. The summed E-state index contributed by atoms with van der Waals surface area (Å²) in [5, 5.41) is 2.98. The van der Waals surface area contributed by atoms with E-state index in [4.69, 9.17) is 9.47 Å². The quantitative estimate of drug-likeness (QED) is 0.0820. The Morgan fingerprint density at radius 2 is 1.29 bits per heavy atom. The van der Waals surface area contributed by atoms with Crippen LogP contribution in [0.4, 0.5) is 0 Å². The van der Waals surface area contributed by atoms with Crippen molar-refractivity contribution in [3.05, 3.63) is 23.8 Å². The van der Waals surface area contributed by atoms with Gasteiger partial charge in [-0.2, -0.15) is 0 Å². The van der Waals surface area contributed by atoms with Gasteiger partial charge in [0.15, 0.2) is 11.5 Å². The lowest BCUT2D eigenvalue weighted by atomic mass is 10.0. The lowest BCUT2D eigenvalue weighted by molar-refractivity contribution is -0.134. The zero-order valence-corrected chi connectivity index (χ0v) is 25.1. The molecule has 5 heteroatoms. The second kappa shape index (κ2) is 22.9. The van der Waals surface area contributed by atoms with Crippen molar-refractivity contribution in [2.75, 3.05) is 7.11 Å². The first kappa shape index (κ1) is 34.0. The molecule has 0 aromatic heterocycles. The van der Waals surface area contributed by atoms with Crippen LogP contribution in [0.5, 0.6) is 11.5 Å². The van der Waals surface area contributed by atoms with Crippen LogP contribution in [0.2, 0.25) is 0 Å². The zero-order valence-electron chi connectivity index (χ0n) is 25.1. The summed E-state index contributed by atoms with van der Waals surface area (Å²) in [6, 6.07) is 5.46. The van der Waals surface area contributed by atoms with Gasteiger partial charge in [0.2, 0.25) is 5.91 Å². The Morgan fingerprint density at radius 1 is 0.737 bits per heavy atom. The molecule has 0 bridgehead atoms. The second-order valence-corrected chi connectivity index (χ2v) is 11.2. The molecule has 0 radical (unpaired) electrons. The van der Waals surface area contributed by atoms with E-state index >= 15 is 0 Å². The number of ether oxygens (including phenoxy) is 2. The van der Waals surface area contributed by atoms with Crippen molar-refractivity contribution in [2.45, 2.75) is 149 Å². The van der Waals surface area contributed by atoms with Crippen molar-refractivity contribution in [1.82, 2.24) is 5.32 Å². The highest BCUT2D eigenvalue weighted by Gasteiger charge is 2.11. The molecule has 0 unspecified atom stereocenters. The van der Waals surface area contributed by atoms with E-state index in [1.54, 1.807) is 13.2 Å². The van der Waals surface area contributed by atoms with Crippen molar-refractivity contribution in [1.29, 1.82) is 0 Å². The van der Waals surface area contributed by atoms with Gasteiger partial charge in [0.05, 0.1) is 7.11 Å². The van der Waals surface area contributed by atoms with Crippen LogP contribution in [0.3, 0.4) is 0 Å². The fourth-order valence-electron chi connectivity index (χ4n) is 4.67. The smallest absolute Gasteiger partial charge is 0.311 e. The van der Waals surface area contributed by atoms with Crippen LogP contribution in [0.1, 0.15) is 148 Å². The maximum absolute atomic E-state index is 12.3. The first-order valence-corrected chi connectivity index (χ1v) is 15.6. The van der Waals surface area contributed by atoms with Gasteiger partial charge >= 0.3 is 5.97 Å². The van der Waals surface area contributed by atoms with E-state index in [-0.39, 0.29) is 11.9 Å². The van der Waals surface area contributed by atoms with Crippen molar-refractivity contribution in [3.8, 4) is 11.5 Å². The predicted molar refractivity (Wildman–Crippen MR) is 159 cm³/mol. The van der Waals surface area contributed by atoms with Gasteiger partial charge in [-0.3, -0.25) is 9.59 Å². The van der Waals surface area contributed by atoms with Crippen LogP contribution >= 0.6 is 0 Å². The van der Waals surface area contributed by atoms with E-state index in [1.165, 1.54) is 83.5 Å². The largest absolute Gasteiger partial charge is 0.493 e. The normalized spacial score (nSPS) is 11.1. The third-order valence-electron chi connectivity index (χ3n) is 7.11. The van der Waals surface area contributed by atoms with E-state index in [0.717, 1.165) is 37.2 Å². The van der Waals surface area contributed by atoms with Gasteiger partial charge in [-0.15, -0.1) is 0 Å². The summed E-state index contributed by atoms with van der Waals surface area (Å²) >= 11 is 0. The van der Waals surface area contributed by atoms with Crippen LogP contribution in [0, 0.1) is 5.92 Å². The van der Waals surface area contributed by atoms with E-state index < -0.39 is 0 Å². The zero-order chi connectivity index (χ0) is 27.8. The molecule has 38 heavy (non-hydrogen) atoms.